The average molecular weight is 444 g/mol. The molecule has 0 spiro atoms. The van der Waals surface area contributed by atoms with Crippen molar-refractivity contribution < 1.29 is 0 Å². The highest BCUT2D eigenvalue weighted by molar-refractivity contribution is 6.02. The van der Waals surface area contributed by atoms with Crippen LogP contribution in [0.15, 0.2) is 103 Å². The lowest BCUT2D eigenvalue weighted by molar-refractivity contribution is 0.583. The quantitative estimate of drug-likeness (QED) is 0.394. The minimum atomic E-state index is -0.121. The van der Waals surface area contributed by atoms with E-state index >= 15 is 0 Å². The lowest BCUT2D eigenvalue weighted by atomic mass is 9.98. The maximum Gasteiger partial charge on any atom is 0.275 e. The highest BCUT2D eigenvalue weighted by Gasteiger charge is 2.16. The second kappa shape index (κ2) is 8.37. The molecule has 0 bridgehead atoms. The maximum absolute atomic E-state index is 13.7. The first-order valence-corrected chi connectivity index (χ1v) is 11.1. The van der Waals surface area contributed by atoms with Crippen molar-refractivity contribution >= 4 is 16.4 Å². The summed E-state index contributed by atoms with van der Waals surface area (Å²) in [5.74, 6) is 0. The summed E-state index contributed by atoms with van der Waals surface area (Å²) >= 11 is 0. The molecule has 0 radical (unpaired) electrons. The van der Waals surface area contributed by atoms with Gasteiger partial charge in [0.1, 0.15) is 5.65 Å². The summed E-state index contributed by atoms with van der Waals surface area (Å²) in [4.78, 5) is 26.7. The van der Waals surface area contributed by atoms with Crippen molar-refractivity contribution in [1.29, 1.82) is 0 Å². The molecule has 164 valence electrons. The fraction of sp³-hybridized carbons (Fsp3) is 0.0741. The molecule has 0 aliphatic carbocycles. The monoisotopic (exact) mass is 444 g/mol. The Labute approximate surface area is 195 Å². The minimum absolute atomic E-state index is 0.121. The zero-order valence-corrected chi connectivity index (χ0v) is 18.2. The van der Waals surface area contributed by atoms with Crippen LogP contribution in [-0.4, -0.2) is 29.1 Å². The fourth-order valence-electron chi connectivity index (χ4n) is 4.30. The SMILES string of the molecule is O=c1c2c(-c3ccncc3)cccc2c(-c2ccncc2)nn1CCc1cn2ccccc2n1. The van der Waals surface area contributed by atoms with Gasteiger partial charge in [-0.1, -0.05) is 24.3 Å². The molecular weight excluding hydrogens is 424 g/mol. The number of rotatable bonds is 5. The van der Waals surface area contributed by atoms with Crippen molar-refractivity contribution in [3.8, 4) is 22.4 Å². The molecule has 5 aromatic heterocycles. The predicted octanol–water partition coefficient (Wildman–Crippen LogP) is 4.41. The van der Waals surface area contributed by atoms with E-state index in [9.17, 15) is 4.79 Å². The smallest absolute Gasteiger partial charge is 0.275 e. The largest absolute Gasteiger partial charge is 0.307 e. The summed E-state index contributed by atoms with van der Waals surface area (Å²) in [5.41, 5.74) is 5.14. The molecule has 6 rings (SSSR count). The van der Waals surface area contributed by atoms with Gasteiger partial charge in [-0.25, -0.2) is 9.67 Å². The van der Waals surface area contributed by atoms with Gasteiger partial charge in [-0.15, -0.1) is 0 Å². The molecule has 0 saturated heterocycles. The molecule has 6 aromatic rings. The fourth-order valence-corrected chi connectivity index (χ4v) is 4.30. The maximum atomic E-state index is 13.7. The molecule has 7 nitrogen and oxygen atoms in total. The molecule has 0 aliphatic rings. The van der Waals surface area contributed by atoms with Crippen molar-refractivity contribution in [3.63, 3.8) is 0 Å². The van der Waals surface area contributed by atoms with E-state index in [1.165, 1.54) is 0 Å². The topological polar surface area (TPSA) is 78.0 Å². The van der Waals surface area contributed by atoms with Crippen molar-refractivity contribution in [2.24, 2.45) is 0 Å². The first-order chi connectivity index (χ1) is 16.8. The van der Waals surface area contributed by atoms with E-state index in [-0.39, 0.29) is 5.56 Å². The number of nitrogens with zero attached hydrogens (tertiary/aromatic N) is 6. The Balaban J connectivity index is 1.52. The van der Waals surface area contributed by atoms with Crippen LogP contribution in [0.2, 0.25) is 0 Å². The van der Waals surface area contributed by atoms with Gasteiger partial charge in [0, 0.05) is 54.6 Å². The Hall–Kier alpha value is -4.65. The highest BCUT2D eigenvalue weighted by Crippen LogP contribution is 2.31. The Kier molecular flexibility index (Phi) is 4.92. The number of benzene rings is 1. The molecule has 0 unspecified atom stereocenters. The van der Waals surface area contributed by atoms with E-state index in [1.807, 2.05) is 77.5 Å². The zero-order valence-electron chi connectivity index (χ0n) is 18.2. The lowest BCUT2D eigenvalue weighted by Crippen LogP contribution is -2.25. The van der Waals surface area contributed by atoms with Crippen molar-refractivity contribution in [3.05, 3.63) is 114 Å². The Morgan fingerprint density at radius 1 is 0.794 bits per heavy atom. The Morgan fingerprint density at radius 2 is 1.56 bits per heavy atom. The number of aromatic nitrogens is 6. The van der Waals surface area contributed by atoms with Gasteiger partial charge in [0.2, 0.25) is 0 Å². The van der Waals surface area contributed by atoms with E-state index < -0.39 is 0 Å². The summed E-state index contributed by atoms with van der Waals surface area (Å²) in [7, 11) is 0. The van der Waals surface area contributed by atoms with Crippen LogP contribution in [-0.2, 0) is 13.0 Å². The standard InChI is InChI=1S/C27H20N6O/c34-27-25-22(19-7-12-28-13-8-19)4-3-5-23(25)26(20-9-14-29-15-10-20)31-33(27)17-11-21-18-32-16-2-1-6-24(32)30-21/h1-10,12-16,18H,11,17H2. The first kappa shape index (κ1) is 20.0. The van der Waals surface area contributed by atoms with Gasteiger partial charge in [-0.3, -0.25) is 14.8 Å². The number of pyridine rings is 3. The average Bonchev–Trinajstić information content (AvgIpc) is 3.32. The first-order valence-electron chi connectivity index (χ1n) is 11.1. The van der Waals surface area contributed by atoms with Crippen LogP contribution in [0.4, 0.5) is 0 Å². The van der Waals surface area contributed by atoms with Crippen LogP contribution < -0.4 is 5.56 Å². The van der Waals surface area contributed by atoms with Gasteiger partial charge in [-0.05, 0) is 47.5 Å². The summed E-state index contributed by atoms with van der Waals surface area (Å²) in [6.45, 7) is 0.418. The molecule has 7 heteroatoms. The number of hydrogen-bond donors (Lipinski definition) is 0. The van der Waals surface area contributed by atoms with Crippen molar-refractivity contribution in [2.75, 3.05) is 0 Å². The van der Waals surface area contributed by atoms with Crippen molar-refractivity contribution in [1.82, 2.24) is 29.1 Å². The van der Waals surface area contributed by atoms with E-state index in [2.05, 4.69) is 15.0 Å². The third-order valence-corrected chi connectivity index (χ3v) is 5.93. The molecule has 0 saturated carbocycles. The van der Waals surface area contributed by atoms with Gasteiger partial charge >= 0.3 is 0 Å². The van der Waals surface area contributed by atoms with Crippen LogP contribution in [0.1, 0.15) is 5.69 Å². The summed E-state index contributed by atoms with van der Waals surface area (Å²) in [6, 6.07) is 19.5. The minimum Gasteiger partial charge on any atom is -0.307 e. The lowest BCUT2D eigenvalue weighted by Gasteiger charge is -2.13. The van der Waals surface area contributed by atoms with Crippen LogP contribution in [0.3, 0.4) is 0 Å². The second-order valence-electron chi connectivity index (χ2n) is 8.03. The van der Waals surface area contributed by atoms with E-state index in [0.717, 1.165) is 39.1 Å². The van der Waals surface area contributed by atoms with Crippen LogP contribution in [0, 0.1) is 0 Å². The normalized spacial score (nSPS) is 11.3. The molecule has 34 heavy (non-hydrogen) atoms. The molecule has 1 aromatic carbocycles. The molecule has 0 N–H and O–H groups in total. The summed E-state index contributed by atoms with van der Waals surface area (Å²) < 4.78 is 3.54. The van der Waals surface area contributed by atoms with Crippen LogP contribution in [0.25, 0.3) is 38.8 Å². The summed E-state index contributed by atoms with van der Waals surface area (Å²) in [5, 5.41) is 6.26. The molecule has 0 atom stereocenters. The van der Waals surface area contributed by atoms with E-state index in [4.69, 9.17) is 5.10 Å². The Morgan fingerprint density at radius 3 is 2.32 bits per heavy atom. The molecule has 5 heterocycles. The number of aryl methyl sites for hydroxylation is 2. The Bertz CT molecular complexity index is 1640. The summed E-state index contributed by atoms with van der Waals surface area (Å²) in [6.07, 6.45) is 11.5. The van der Waals surface area contributed by atoms with Gasteiger partial charge < -0.3 is 4.40 Å². The second-order valence-corrected chi connectivity index (χ2v) is 8.03. The third kappa shape index (κ3) is 3.53. The van der Waals surface area contributed by atoms with Crippen molar-refractivity contribution in [2.45, 2.75) is 13.0 Å². The van der Waals surface area contributed by atoms with Crippen LogP contribution >= 0.6 is 0 Å². The molecule has 0 amide bonds. The molecule has 0 fully saturated rings. The number of fused-ring (bicyclic) bond motifs is 2. The van der Waals surface area contributed by atoms with E-state index in [0.29, 0.717) is 18.4 Å². The molecular formula is C27H20N6O. The number of hydrogen-bond acceptors (Lipinski definition) is 5. The van der Waals surface area contributed by atoms with Gasteiger partial charge in [0.05, 0.1) is 23.3 Å². The van der Waals surface area contributed by atoms with E-state index in [1.54, 1.807) is 29.5 Å². The van der Waals surface area contributed by atoms with Gasteiger partial charge in [0.25, 0.3) is 5.56 Å². The zero-order chi connectivity index (χ0) is 22.9. The molecule has 0 aliphatic heterocycles. The van der Waals surface area contributed by atoms with Gasteiger partial charge in [0.15, 0.2) is 0 Å². The van der Waals surface area contributed by atoms with Gasteiger partial charge in [-0.2, -0.15) is 5.10 Å². The third-order valence-electron chi connectivity index (χ3n) is 5.93. The highest BCUT2D eigenvalue weighted by atomic mass is 16.1. The van der Waals surface area contributed by atoms with Crippen LogP contribution in [0.5, 0.6) is 0 Å². The predicted molar refractivity (Wildman–Crippen MR) is 131 cm³/mol. The number of imidazole rings is 1.